The summed E-state index contributed by atoms with van der Waals surface area (Å²) in [5.41, 5.74) is 4.31. The van der Waals surface area contributed by atoms with Crippen LogP contribution < -0.4 is 5.48 Å². The fourth-order valence-electron chi connectivity index (χ4n) is 3.21. The predicted octanol–water partition coefficient (Wildman–Crippen LogP) is 0.591. The number of hydrogen-bond donors (Lipinski definition) is 4. The molecule has 3 heterocycles. The van der Waals surface area contributed by atoms with Crippen molar-refractivity contribution >= 4 is 17.0 Å². The lowest BCUT2D eigenvalue weighted by Crippen LogP contribution is -2.33. The van der Waals surface area contributed by atoms with Crippen molar-refractivity contribution in [3.63, 3.8) is 0 Å². The summed E-state index contributed by atoms with van der Waals surface area (Å²) in [6.07, 6.45) is -2.17. The molecule has 2 aromatic heterocycles. The maximum atomic E-state index is 10.4. The smallest absolute Gasteiger partial charge is 0.209 e. The maximum absolute atomic E-state index is 10.4. The molecule has 4 N–H and O–H groups in total. The molecule has 0 saturated carbocycles. The van der Waals surface area contributed by atoms with Gasteiger partial charge in [0, 0.05) is 5.56 Å². The van der Waals surface area contributed by atoms with E-state index < -0.39 is 31.1 Å². The van der Waals surface area contributed by atoms with Crippen molar-refractivity contribution in [2.75, 3.05) is 18.7 Å². The van der Waals surface area contributed by atoms with E-state index in [4.69, 9.17) is 9.57 Å². The Labute approximate surface area is 178 Å². The van der Waals surface area contributed by atoms with E-state index in [2.05, 4.69) is 32.3 Å². The van der Waals surface area contributed by atoms with Crippen molar-refractivity contribution in [2.45, 2.75) is 37.9 Å². The van der Waals surface area contributed by atoms with Crippen LogP contribution in [0.5, 0.6) is 0 Å². The molecular weight excluding hydrogens is 402 g/mol. The molecule has 4 rings (SSSR count). The van der Waals surface area contributed by atoms with Crippen molar-refractivity contribution in [3.8, 4) is 11.8 Å². The van der Waals surface area contributed by atoms with Crippen molar-refractivity contribution < 1.29 is 24.9 Å². The predicted molar refractivity (Wildman–Crippen MR) is 111 cm³/mol. The number of aromatic nitrogens is 4. The molecule has 1 aliphatic rings. The molecule has 31 heavy (non-hydrogen) atoms. The highest BCUT2D eigenvalue weighted by atomic mass is 16.6. The second-order valence-electron chi connectivity index (χ2n) is 7.02. The summed E-state index contributed by atoms with van der Waals surface area (Å²) in [7, 11) is 0. The summed E-state index contributed by atoms with van der Waals surface area (Å²) >= 11 is 0. The van der Waals surface area contributed by atoms with Gasteiger partial charge in [0.05, 0.1) is 19.5 Å². The van der Waals surface area contributed by atoms with Crippen LogP contribution in [-0.2, 0) is 9.57 Å². The van der Waals surface area contributed by atoms with Crippen LogP contribution in [0.2, 0.25) is 0 Å². The molecule has 4 atom stereocenters. The second-order valence-corrected chi connectivity index (χ2v) is 7.02. The van der Waals surface area contributed by atoms with Crippen molar-refractivity contribution in [3.05, 3.63) is 48.0 Å². The minimum Gasteiger partial charge on any atom is -0.394 e. The lowest BCUT2D eigenvalue weighted by Gasteiger charge is -2.16. The third-order valence-corrected chi connectivity index (χ3v) is 4.78. The first-order chi connectivity index (χ1) is 15.1. The first-order valence-electron chi connectivity index (χ1n) is 9.94. The number of benzene rings is 1. The molecule has 0 spiro atoms. The van der Waals surface area contributed by atoms with E-state index >= 15 is 0 Å². The maximum Gasteiger partial charge on any atom is 0.209 e. The number of nitrogens with zero attached hydrogens (tertiary/aromatic N) is 4. The van der Waals surface area contributed by atoms with Gasteiger partial charge in [-0.05, 0) is 24.5 Å². The average Bonchev–Trinajstić information content (AvgIpc) is 3.34. The van der Waals surface area contributed by atoms with E-state index in [0.29, 0.717) is 23.6 Å². The molecule has 0 aliphatic carbocycles. The fraction of sp³-hybridized carbons (Fsp3) is 0.381. The third kappa shape index (κ3) is 4.36. The Morgan fingerprint density at radius 3 is 2.68 bits per heavy atom. The van der Waals surface area contributed by atoms with Crippen LogP contribution in [0.15, 0.2) is 36.7 Å². The fourth-order valence-corrected chi connectivity index (χ4v) is 3.21. The summed E-state index contributed by atoms with van der Waals surface area (Å²) in [5.74, 6) is 6.47. The number of rotatable bonds is 6. The number of aliphatic hydroxyl groups is 3. The lowest BCUT2D eigenvalue weighted by atomic mass is 10.1. The third-order valence-electron chi connectivity index (χ3n) is 4.78. The first kappa shape index (κ1) is 21.2. The van der Waals surface area contributed by atoms with E-state index in [1.807, 2.05) is 37.3 Å². The van der Waals surface area contributed by atoms with Gasteiger partial charge < -0.3 is 20.1 Å². The van der Waals surface area contributed by atoms with Gasteiger partial charge in [-0.25, -0.2) is 15.4 Å². The lowest BCUT2D eigenvalue weighted by molar-refractivity contribution is -0.0511. The SMILES string of the molecule is CCCONc1nc(C#Cc2ccccc2)nc2c1ncn2[C@@H]1O[C@H](CO)[C@@H](O)[C@H]1O. The zero-order valence-corrected chi connectivity index (χ0v) is 16.8. The minimum atomic E-state index is -1.27. The zero-order valence-electron chi connectivity index (χ0n) is 16.8. The molecule has 0 unspecified atom stereocenters. The molecule has 1 aromatic carbocycles. The van der Waals surface area contributed by atoms with Crippen LogP contribution in [0.1, 0.15) is 31.0 Å². The van der Waals surface area contributed by atoms with Gasteiger partial charge >= 0.3 is 0 Å². The number of hydrogen-bond acceptors (Lipinski definition) is 9. The molecule has 1 aliphatic heterocycles. The van der Waals surface area contributed by atoms with Crippen LogP contribution in [0.4, 0.5) is 5.82 Å². The summed E-state index contributed by atoms with van der Waals surface area (Å²) in [6.45, 7) is 2.01. The van der Waals surface area contributed by atoms with E-state index in [1.165, 1.54) is 10.9 Å². The van der Waals surface area contributed by atoms with Crippen LogP contribution in [-0.4, -0.2) is 66.4 Å². The Morgan fingerprint density at radius 2 is 1.97 bits per heavy atom. The number of aliphatic hydroxyl groups excluding tert-OH is 3. The Bertz CT molecular complexity index is 1090. The first-order valence-corrected chi connectivity index (χ1v) is 9.94. The highest BCUT2D eigenvalue weighted by molar-refractivity contribution is 5.83. The second kappa shape index (κ2) is 9.38. The Morgan fingerprint density at radius 1 is 1.16 bits per heavy atom. The van der Waals surface area contributed by atoms with Gasteiger partial charge in [-0.1, -0.05) is 31.0 Å². The monoisotopic (exact) mass is 425 g/mol. The molecule has 0 radical (unpaired) electrons. The van der Waals surface area contributed by atoms with Gasteiger partial charge in [-0.15, -0.1) is 0 Å². The number of nitrogens with one attached hydrogen (secondary N) is 1. The average molecular weight is 425 g/mol. The molecule has 0 bridgehead atoms. The highest BCUT2D eigenvalue weighted by Gasteiger charge is 2.44. The molecule has 3 aromatic rings. The van der Waals surface area contributed by atoms with Gasteiger partial charge in [-0.2, -0.15) is 4.98 Å². The molecule has 162 valence electrons. The molecular formula is C21H23N5O5. The standard InChI is InChI=1S/C21H23N5O5/c1-2-10-30-25-19-16-20(24-15(23-19)9-8-13-6-4-3-5-7-13)26(12-22-16)21-18(29)17(28)14(11-27)31-21/h3-7,12,14,17-18,21,27-29H,2,10-11H2,1H3,(H,23,24,25)/t14-,17-,18-,21-/m1/s1. The Hall–Kier alpha value is -3.07. The minimum absolute atomic E-state index is 0.215. The van der Waals surface area contributed by atoms with E-state index in [-0.39, 0.29) is 5.82 Å². The number of imidazole rings is 1. The summed E-state index contributed by atoms with van der Waals surface area (Å²) < 4.78 is 7.11. The number of ether oxygens (including phenoxy) is 1. The highest BCUT2D eigenvalue weighted by Crippen LogP contribution is 2.32. The van der Waals surface area contributed by atoms with Gasteiger partial charge in [0.2, 0.25) is 5.82 Å². The van der Waals surface area contributed by atoms with Crippen molar-refractivity contribution in [1.29, 1.82) is 0 Å². The molecule has 10 nitrogen and oxygen atoms in total. The Kier molecular flexibility index (Phi) is 6.41. The zero-order chi connectivity index (χ0) is 21.8. The summed E-state index contributed by atoms with van der Waals surface area (Å²) in [6, 6.07) is 9.42. The van der Waals surface area contributed by atoms with Gasteiger partial charge in [0.25, 0.3) is 0 Å². The van der Waals surface area contributed by atoms with Gasteiger partial charge in [0.1, 0.15) is 18.3 Å². The number of anilines is 1. The normalized spacial score (nSPS) is 23.0. The molecule has 10 heteroatoms. The largest absolute Gasteiger partial charge is 0.394 e. The van der Waals surface area contributed by atoms with Crippen molar-refractivity contribution in [2.24, 2.45) is 0 Å². The van der Waals surface area contributed by atoms with E-state index in [9.17, 15) is 15.3 Å². The van der Waals surface area contributed by atoms with Crippen LogP contribution in [0.3, 0.4) is 0 Å². The van der Waals surface area contributed by atoms with Gasteiger partial charge in [0.15, 0.2) is 23.2 Å². The van der Waals surface area contributed by atoms with Gasteiger partial charge in [-0.3, -0.25) is 9.40 Å². The molecule has 0 amide bonds. The topological polar surface area (TPSA) is 135 Å². The van der Waals surface area contributed by atoms with Crippen LogP contribution in [0.25, 0.3) is 11.2 Å². The van der Waals surface area contributed by atoms with Crippen LogP contribution >= 0.6 is 0 Å². The van der Waals surface area contributed by atoms with E-state index in [1.54, 1.807) is 0 Å². The Balaban J connectivity index is 1.75. The van der Waals surface area contributed by atoms with Crippen LogP contribution in [0, 0.1) is 11.8 Å². The summed E-state index contributed by atoms with van der Waals surface area (Å²) in [5, 5.41) is 29.9. The van der Waals surface area contributed by atoms with Crippen molar-refractivity contribution in [1.82, 2.24) is 19.5 Å². The van der Waals surface area contributed by atoms with E-state index in [0.717, 1.165) is 12.0 Å². The summed E-state index contributed by atoms with van der Waals surface area (Å²) in [4.78, 5) is 18.6. The molecule has 1 fully saturated rings. The number of fused-ring (bicyclic) bond motifs is 1. The quantitative estimate of drug-likeness (QED) is 0.254. The molecule has 1 saturated heterocycles.